The van der Waals surface area contributed by atoms with E-state index < -0.39 is 42.1 Å². The quantitative estimate of drug-likeness (QED) is 0.0980. The Morgan fingerprint density at radius 2 is 1.41 bits per heavy atom. The molecule has 0 saturated carbocycles. The van der Waals surface area contributed by atoms with E-state index in [9.17, 15) is 14.4 Å². The number of ether oxygens (including phenoxy) is 3. The number of unbranched alkanes of at least 4 members (excludes halogenated alkanes) is 3. The van der Waals surface area contributed by atoms with E-state index in [1.807, 2.05) is 13.0 Å². The fourth-order valence-electron chi connectivity index (χ4n) is 4.09. The van der Waals surface area contributed by atoms with E-state index in [1.54, 1.807) is 20.8 Å². The van der Waals surface area contributed by atoms with Crippen molar-refractivity contribution in [2.24, 2.45) is 0 Å². The zero-order valence-corrected chi connectivity index (χ0v) is 25.7. The molecule has 1 atom stereocenters. The van der Waals surface area contributed by atoms with Crippen LogP contribution in [0.5, 0.6) is 0 Å². The predicted molar refractivity (Wildman–Crippen MR) is 139 cm³/mol. The van der Waals surface area contributed by atoms with Crippen molar-refractivity contribution in [3.05, 3.63) is 9.67 Å². The van der Waals surface area contributed by atoms with Crippen molar-refractivity contribution in [1.29, 1.82) is 0 Å². The molecule has 0 aliphatic heterocycles. The summed E-state index contributed by atoms with van der Waals surface area (Å²) in [4.78, 5) is 38.1. The first-order valence-corrected chi connectivity index (χ1v) is 20.4. The summed E-state index contributed by atoms with van der Waals surface area (Å²) >= 11 is -3.14. The van der Waals surface area contributed by atoms with Crippen LogP contribution in [0.2, 0.25) is 13.3 Å². The van der Waals surface area contributed by atoms with Crippen LogP contribution < -0.4 is 5.32 Å². The van der Waals surface area contributed by atoms with Crippen LogP contribution in [0.1, 0.15) is 93.4 Å². The van der Waals surface area contributed by atoms with E-state index in [0.717, 1.165) is 55.4 Å². The molecule has 0 aromatic heterocycles. The van der Waals surface area contributed by atoms with Gasteiger partial charge in [-0.2, -0.15) is 0 Å². The van der Waals surface area contributed by atoms with E-state index in [2.05, 4.69) is 26.1 Å². The second-order valence-electron chi connectivity index (χ2n) is 9.89. The van der Waals surface area contributed by atoms with Gasteiger partial charge >= 0.3 is 212 Å². The third kappa shape index (κ3) is 12.5. The maximum atomic E-state index is 13.3. The van der Waals surface area contributed by atoms with Crippen LogP contribution in [0.3, 0.4) is 0 Å². The minimum absolute atomic E-state index is 0.170. The van der Waals surface area contributed by atoms with Crippen molar-refractivity contribution >= 4 is 36.4 Å². The average molecular weight is 590 g/mol. The summed E-state index contributed by atoms with van der Waals surface area (Å²) in [6, 6.07) is -0.934. The summed E-state index contributed by atoms with van der Waals surface area (Å²) in [5.74, 6) is -0.815. The Morgan fingerprint density at radius 1 is 0.912 bits per heavy atom. The van der Waals surface area contributed by atoms with Gasteiger partial charge in [0.25, 0.3) is 0 Å². The van der Waals surface area contributed by atoms with Gasteiger partial charge in [-0.05, 0) is 0 Å². The molecule has 0 radical (unpaired) electrons. The Labute approximate surface area is 211 Å². The molecule has 0 aliphatic rings. The second-order valence-corrected chi connectivity index (χ2v) is 23.0. The van der Waals surface area contributed by atoms with Crippen LogP contribution in [-0.2, 0) is 23.8 Å². The summed E-state index contributed by atoms with van der Waals surface area (Å²) in [5, 5.41) is 2.62. The van der Waals surface area contributed by atoms with Crippen LogP contribution in [0.15, 0.2) is 9.67 Å². The summed E-state index contributed by atoms with van der Waals surface area (Å²) in [6.45, 7) is 14.0. The summed E-state index contributed by atoms with van der Waals surface area (Å²) in [6.07, 6.45) is 7.89. The standard InChI is InChI=1S/C14H22NO6.3C4H9.Sn/c1-6-20-11(16)9-7-8-10(12(17)19-5)15-13(18)21-14(2,3)4;3*1-3-4-2;/h7,10H,6,8H2,1-5H3,(H,15,18);3*1,3-4H2,2H3;/t10-;;;;/m0..../s1. The number of hydrogen-bond donors (Lipinski definition) is 1. The summed E-state index contributed by atoms with van der Waals surface area (Å²) in [7, 11) is 1.29. The first-order chi connectivity index (χ1) is 16.0. The van der Waals surface area contributed by atoms with Crippen LogP contribution >= 0.6 is 0 Å². The van der Waals surface area contributed by atoms with Crippen molar-refractivity contribution in [1.82, 2.24) is 5.32 Å². The molecule has 0 bridgehead atoms. The zero-order valence-electron chi connectivity index (χ0n) is 22.9. The molecule has 0 saturated heterocycles. The molecule has 198 valence electrons. The van der Waals surface area contributed by atoms with E-state index in [1.165, 1.54) is 7.11 Å². The van der Waals surface area contributed by atoms with Crippen LogP contribution in [0.25, 0.3) is 0 Å². The molecule has 0 spiro atoms. The first kappa shape index (κ1) is 32.7. The fraction of sp³-hybridized carbons (Fsp3) is 0.808. The Kier molecular flexibility index (Phi) is 16.6. The van der Waals surface area contributed by atoms with E-state index in [4.69, 9.17) is 14.2 Å². The van der Waals surface area contributed by atoms with Gasteiger partial charge in [0, 0.05) is 0 Å². The molecule has 0 heterocycles. The molecule has 34 heavy (non-hydrogen) atoms. The topological polar surface area (TPSA) is 90.9 Å². The van der Waals surface area contributed by atoms with Crippen molar-refractivity contribution in [3.8, 4) is 0 Å². The molecule has 0 aliphatic carbocycles. The normalized spacial score (nSPS) is 13.2. The molecular formula is C26H49NO6Sn. The van der Waals surface area contributed by atoms with Crippen molar-refractivity contribution in [3.63, 3.8) is 0 Å². The van der Waals surface area contributed by atoms with E-state index >= 15 is 0 Å². The Balaban J connectivity index is 6.26. The van der Waals surface area contributed by atoms with Gasteiger partial charge in [0.1, 0.15) is 0 Å². The number of nitrogens with one attached hydrogen (secondary N) is 1. The Morgan fingerprint density at radius 3 is 1.79 bits per heavy atom. The van der Waals surface area contributed by atoms with Crippen LogP contribution in [-0.4, -0.2) is 61.8 Å². The molecule has 0 aromatic rings. The number of hydrogen-bond acceptors (Lipinski definition) is 6. The summed E-state index contributed by atoms with van der Waals surface area (Å²) in [5.41, 5.74) is -0.692. The number of methoxy groups -OCH3 is 1. The maximum absolute atomic E-state index is 13.3. The minimum atomic E-state index is -3.14. The van der Waals surface area contributed by atoms with Gasteiger partial charge in [0.15, 0.2) is 0 Å². The molecule has 1 amide bonds. The number of carbonyl (C=O) groups excluding carboxylic acids is 3. The third-order valence-electron chi connectivity index (χ3n) is 5.83. The van der Waals surface area contributed by atoms with Gasteiger partial charge in [-0.25, -0.2) is 0 Å². The van der Waals surface area contributed by atoms with E-state index in [0.29, 0.717) is 6.61 Å². The van der Waals surface area contributed by atoms with Crippen LogP contribution in [0.4, 0.5) is 4.79 Å². The number of carbonyl (C=O) groups is 3. The Hall–Kier alpha value is -1.25. The number of rotatable bonds is 16. The van der Waals surface area contributed by atoms with Gasteiger partial charge in [0.2, 0.25) is 0 Å². The van der Waals surface area contributed by atoms with E-state index in [-0.39, 0.29) is 12.4 Å². The molecule has 8 heteroatoms. The molecule has 0 aromatic carbocycles. The first-order valence-electron chi connectivity index (χ1n) is 12.9. The third-order valence-corrected chi connectivity index (χ3v) is 21.5. The fourth-order valence-corrected chi connectivity index (χ4v) is 20.4. The number of amides is 1. The van der Waals surface area contributed by atoms with Crippen molar-refractivity contribution in [2.75, 3.05) is 13.7 Å². The molecule has 1 N–H and O–H groups in total. The summed E-state index contributed by atoms with van der Waals surface area (Å²) < 4.78 is 19.9. The van der Waals surface area contributed by atoms with Gasteiger partial charge in [0.05, 0.1) is 0 Å². The molecule has 0 fully saturated rings. The SMILES string of the molecule is CCC[CH2][Sn]([CH2]CCC)([CH2]CCC)/[C](=C/C[C@H](NC(=O)OC(C)(C)C)C(=O)OC)C(=O)OCC. The second kappa shape index (κ2) is 17.2. The van der Waals surface area contributed by atoms with Gasteiger partial charge in [-0.1, -0.05) is 0 Å². The van der Waals surface area contributed by atoms with Crippen molar-refractivity contribution < 1.29 is 28.6 Å². The number of alkyl carbamates (subject to hydrolysis) is 1. The van der Waals surface area contributed by atoms with Gasteiger partial charge < -0.3 is 0 Å². The monoisotopic (exact) mass is 591 g/mol. The zero-order chi connectivity index (χ0) is 26.2. The van der Waals surface area contributed by atoms with Gasteiger partial charge in [-0.3, -0.25) is 0 Å². The number of esters is 2. The molecular weight excluding hydrogens is 541 g/mol. The van der Waals surface area contributed by atoms with Gasteiger partial charge in [-0.15, -0.1) is 0 Å². The van der Waals surface area contributed by atoms with Crippen LogP contribution in [0, 0.1) is 0 Å². The molecule has 0 rings (SSSR count). The molecule has 7 nitrogen and oxygen atoms in total. The predicted octanol–water partition coefficient (Wildman–Crippen LogP) is 6.32. The average Bonchev–Trinajstić information content (AvgIpc) is 2.77. The van der Waals surface area contributed by atoms with Crippen molar-refractivity contribution in [2.45, 2.75) is 118 Å². The molecule has 0 unspecified atom stereocenters. The Bertz CT molecular complexity index is 634.